The molecule has 0 N–H and O–H groups in total. The van der Waals surface area contributed by atoms with Gasteiger partial charge < -0.3 is 9.29 Å². The van der Waals surface area contributed by atoms with Crippen molar-refractivity contribution < 1.29 is 26.5 Å². The SMILES string of the molecule is O=S(=O)([O-])C(F)(F)CCOC12CC3CC(CC(C3)C1)C2. The van der Waals surface area contributed by atoms with E-state index in [0.717, 1.165) is 19.3 Å². The summed E-state index contributed by atoms with van der Waals surface area (Å²) in [5.74, 6) is 1.89. The molecule has 7 heteroatoms. The van der Waals surface area contributed by atoms with Gasteiger partial charge in [-0.1, -0.05) is 0 Å². The van der Waals surface area contributed by atoms with Crippen LogP contribution in [0.3, 0.4) is 0 Å². The van der Waals surface area contributed by atoms with Crippen molar-refractivity contribution in [2.75, 3.05) is 6.61 Å². The number of ether oxygens (including phenoxy) is 1. The quantitative estimate of drug-likeness (QED) is 0.732. The zero-order valence-electron chi connectivity index (χ0n) is 11.2. The first-order chi connectivity index (χ1) is 9.19. The minimum Gasteiger partial charge on any atom is -0.743 e. The van der Waals surface area contributed by atoms with Crippen LogP contribution in [0.4, 0.5) is 8.78 Å². The minimum atomic E-state index is -5.59. The molecule has 0 spiro atoms. The summed E-state index contributed by atoms with van der Waals surface area (Å²) in [5, 5.41) is -4.23. The van der Waals surface area contributed by atoms with E-state index in [1.807, 2.05) is 0 Å². The van der Waals surface area contributed by atoms with Crippen LogP contribution in [-0.2, 0) is 14.9 Å². The Labute approximate surface area is 117 Å². The van der Waals surface area contributed by atoms with Crippen molar-refractivity contribution in [1.82, 2.24) is 0 Å². The molecule has 0 aromatic carbocycles. The molecule has 116 valence electrons. The van der Waals surface area contributed by atoms with Crippen molar-refractivity contribution in [2.24, 2.45) is 17.8 Å². The maximum atomic E-state index is 13.1. The lowest BCUT2D eigenvalue weighted by atomic mass is 9.54. The second kappa shape index (κ2) is 4.61. The van der Waals surface area contributed by atoms with Gasteiger partial charge in [0, 0.05) is 6.42 Å². The first-order valence-electron chi connectivity index (χ1n) is 7.16. The van der Waals surface area contributed by atoms with Crippen molar-refractivity contribution in [2.45, 2.75) is 55.8 Å². The van der Waals surface area contributed by atoms with Crippen LogP contribution in [0.1, 0.15) is 44.9 Å². The van der Waals surface area contributed by atoms with Gasteiger partial charge in [0.25, 0.3) is 0 Å². The fraction of sp³-hybridized carbons (Fsp3) is 1.00. The van der Waals surface area contributed by atoms with Crippen LogP contribution in [0, 0.1) is 17.8 Å². The van der Waals surface area contributed by atoms with E-state index >= 15 is 0 Å². The van der Waals surface area contributed by atoms with Gasteiger partial charge in [0.15, 0.2) is 10.1 Å². The maximum absolute atomic E-state index is 13.1. The zero-order valence-corrected chi connectivity index (χ0v) is 12.0. The number of alkyl halides is 2. The number of hydrogen-bond donors (Lipinski definition) is 0. The summed E-state index contributed by atoms with van der Waals surface area (Å²) in [6, 6.07) is 0. The van der Waals surface area contributed by atoms with Gasteiger partial charge in [-0.2, -0.15) is 8.78 Å². The lowest BCUT2D eigenvalue weighted by Crippen LogP contribution is -2.52. The number of rotatable bonds is 5. The molecule has 0 radical (unpaired) electrons. The summed E-state index contributed by atoms with van der Waals surface area (Å²) >= 11 is 0. The highest BCUT2D eigenvalue weighted by atomic mass is 32.2. The van der Waals surface area contributed by atoms with Crippen molar-refractivity contribution in [1.29, 1.82) is 0 Å². The topological polar surface area (TPSA) is 66.4 Å². The Morgan fingerprint density at radius 2 is 1.55 bits per heavy atom. The standard InChI is InChI=1S/C13H20F2O4S/c14-13(15,20(16,17)18)1-2-19-12-6-9-3-10(7-12)5-11(4-9)8-12/h9-11H,1-8H2,(H,16,17,18)/p-1. The van der Waals surface area contributed by atoms with E-state index in [4.69, 9.17) is 4.74 Å². The van der Waals surface area contributed by atoms with Gasteiger partial charge in [-0.15, -0.1) is 0 Å². The highest BCUT2D eigenvalue weighted by Crippen LogP contribution is 2.57. The highest BCUT2D eigenvalue weighted by molar-refractivity contribution is 7.86. The molecule has 4 aliphatic rings. The van der Waals surface area contributed by atoms with Gasteiger partial charge in [-0.25, -0.2) is 8.42 Å². The van der Waals surface area contributed by atoms with E-state index < -0.39 is 21.8 Å². The Bertz CT molecular complexity index is 453. The van der Waals surface area contributed by atoms with Crippen LogP contribution in [0.25, 0.3) is 0 Å². The Morgan fingerprint density at radius 1 is 1.10 bits per heavy atom. The maximum Gasteiger partial charge on any atom is 0.336 e. The molecule has 0 amide bonds. The Kier molecular flexibility index (Phi) is 3.38. The van der Waals surface area contributed by atoms with Crippen molar-refractivity contribution in [3.05, 3.63) is 0 Å². The molecule has 4 saturated carbocycles. The van der Waals surface area contributed by atoms with Gasteiger partial charge in [-0.3, -0.25) is 0 Å². The Balaban J connectivity index is 1.59. The third-order valence-electron chi connectivity index (χ3n) is 5.15. The molecule has 4 bridgehead atoms. The van der Waals surface area contributed by atoms with Crippen LogP contribution in [0.2, 0.25) is 0 Å². The van der Waals surface area contributed by atoms with Crippen LogP contribution in [-0.4, -0.2) is 30.4 Å². The molecule has 0 aromatic rings. The molecule has 4 aliphatic carbocycles. The van der Waals surface area contributed by atoms with E-state index in [-0.39, 0.29) is 12.2 Å². The molecule has 0 aliphatic heterocycles. The fourth-order valence-corrected chi connectivity index (χ4v) is 5.05. The molecular weight excluding hydrogens is 290 g/mol. The number of halogens is 2. The molecule has 4 rings (SSSR count). The average Bonchev–Trinajstić information content (AvgIpc) is 2.24. The zero-order chi connectivity index (χ0) is 14.6. The molecule has 4 fully saturated rings. The molecule has 20 heavy (non-hydrogen) atoms. The van der Waals surface area contributed by atoms with E-state index in [2.05, 4.69) is 0 Å². The smallest absolute Gasteiger partial charge is 0.336 e. The molecule has 4 nitrogen and oxygen atoms in total. The van der Waals surface area contributed by atoms with Gasteiger partial charge in [0.2, 0.25) is 0 Å². The molecule has 0 atom stereocenters. The van der Waals surface area contributed by atoms with Crippen molar-refractivity contribution >= 4 is 10.1 Å². The lowest BCUT2D eigenvalue weighted by Gasteiger charge is -2.56. The first kappa shape index (κ1) is 14.7. The average molecular weight is 309 g/mol. The highest BCUT2D eigenvalue weighted by Gasteiger charge is 2.52. The van der Waals surface area contributed by atoms with Crippen molar-refractivity contribution in [3.63, 3.8) is 0 Å². The largest absolute Gasteiger partial charge is 0.743 e. The third kappa shape index (κ3) is 2.60. The summed E-state index contributed by atoms with van der Waals surface area (Å²) in [6.45, 7) is -0.360. The minimum absolute atomic E-state index is 0.336. The van der Waals surface area contributed by atoms with E-state index in [1.54, 1.807) is 0 Å². The molecule has 0 heterocycles. The van der Waals surface area contributed by atoms with Crippen LogP contribution in [0.5, 0.6) is 0 Å². The molecule has 0 saturated heterocycles. The van der Waals surface area contributed by atoms with Gasteiger partial charge in [0.05, 0.1) is 12.2 Å². The molecular formula is C13H19F2O4S-. The first-order valence-corrected chi connectivity index (χ1v) is 8.57. The van der Waals surface area contributed by atoms with E-state index in [9.17, 15) is 21.8 Å². The van der Waals surface area contributed by atoms with Gasteiger partial charge in [0.1, 0.15) is 0 Å². The predicted molar refractivity (Wildman–Crippen MR) is 66.1 cm³/mol. The summed E-state index contributed by atoms with van der Waals surface area (Å²) in [6.07, 6.45) is 5.30. The van der Waals surface area contributed by atoms with Gasteiger partial charge in [-0.05, 0) is 56.3 Å². The lowest BCUT2D eigenvalue weighted by molar-refractivity contribution is -0.167. The Hall–Kier alpha value is -0.270. The fourth-order valence-electron chi connectivity index (χ4n) is 4.72. The predicted octanol–water partition coefficient (Wildman–Crippen LogP) is 2.50. The van der Waals surface area contributed by atoms with Crippen LogP contribution < -0.4 is 0 Å². The third-order valence-corrected chi connectivity index (χ3v) is 6.08. The van der Waals surface area contributed by atoms with Crippen LogP contribution >= 0.6 is 0 Å². The Morgan fingerprint density at radius 3 is 1.95 bits per heavy atom. The molecule has 0 aromatic heterocycles. The summed E-state index contributed by atoms with van der Waals surface area (Å²) < 4.78 is 63.2. The second-order valence-electron chi connectivity index (χ2n) is 6.79. The van der Waals surface area contributed by atoms with Gasteiger partial charge >= 0.3 is 5.25 Å². The van der Waals surface area contributed by atoms with Crippen molar-refractivity contribution in [3.8, 4) is 0 Å². The monoisotopic (exact) mass is 309 g/mol. The summed E-state index contributed by atoms with van der Waals surface area (Å²) in [5.41, 5.74) is -0.336. The number of hydrogen-bond acceptors (Lipinski definition) is 4. The van der Waals surface area contributed by atoms with E-state index in [1.165, 1.54) is 19.3 Å². The molecule has 0 unspecified atom stereocenters. The van der Waals surface area contributed by atoms with Crippen LogP contribution in [0.15, 0.2) is 0 Å². The normalized spacial score (nSPS) is 40.2. The second-order valence-corrected chi connectivity index (χ2v) is 8.30. The van der Waals surface area contributed by atoms with E-state index in [0.29, 0.717) is 17.8 Å². The summed E-state index contributed by atoms with van der Waals surface area (Å²) in [7, 11) is -5.59. The summed E-state index contributed by atoms with van der Waals surface area (Å²) in [4.78, 5) is 0.